The van der Waals surface area contributed by atoms with Crippen molar-refractivity contribution in [3.8, 4) is 0 Å². The lowest BCUT2D eigenvalue weighted by Crippen LogP contribution is -2.49. The second-order valence-electron chi connectivity index (χ2n) is 5.51. The monoisotopic (exact) mass is 295 g/mol. The fourth-order valence-corrected chi connectivity index (χ4v) is 2.43. The van der Waals surface area contributed by atoms with E-state index in [2.05, 4.69) is 0 Å². The molecule has 0 saturated carbocycles. The van der Waals surface area contributed by atoms with Gasteiger partial charge < -0.3 is 19.7 Å². The molecular formula is C15H21NO5. The molecule has 6 nitrogen and oxygen atoms in total. The van der Waals surface area contributed by atoms with Crippen LogP contribution in [-0.4, -0.2) is 52.4 Å². The molecule has 21 heavy (non-hydrogen) atoms. The van der Waals surface area contributed by atoms with Gasteiger partial charge in [0.05, 0.1) is 19.3 Å². The van der Waals surface area contributed by atoms with Gasteiger partial charge in [-0.15, -0.1) is 0 Å². The summed E-state index contributed by atoms with van der Waals surface area (Å²) in [5, 5.41) is 19.1. The van der Waals surface area contributed by atoms with Gasteiger partial charge >= 0.3 is 6.09 Å². The van der Waals surface area contributed by atoms with E-state index in [1.807, 2.05) is 30.3 Å². The molecule has 0 bridgehead atoms. The van der Waals surface area contributed by atoms with Gasteiger partial charge in [-0.1, -0.05) is 30.3 Å². The van der Waals surface area contributed by atoms with E-state index in [0.29, 0.717) is 0 Å². The third-order valence-electron chi connectivity index (χ3n) is 3.49. The van der Waals surface area contributed by atoms with Gasteiger partial charge in [-0.2, -0.15) is 0 Å². The van der Waals surface area contributed by atoms with Crippen molar-refractivity contribution in [3.63, 3.8) is 0 Å². The van der Waals surface area contributed by atoms with Crippen LogP contribution in [0, 0.1) is 0 Å². The smallest absolute Gasteiger partial charge is 0.408 e. The number of aliphatic hydroxyl groups is 1. The third-order valence-corrected chi connectivity index (χ3v) is 3.49. The number of aliphatic hydroxyl groups excluding tert-OH is 1. The fraction of sp³-hybridized carbons (Fsp3) is 0.533. The summed E-state index contributed by atoms with van der Waals surface area (Å²) in [7, 11) is 0. The number of nitrogens with zero attached hydrogens (tertiary/aromatic N) is 1. The number of ether oxygens (including phenoxy) is 2. The Bertz CT molecular complexity index is 476. The van der Waals surface area contributed by atoms with Gasteiger partial charge in [0.25, 0.3) is 0 Å². The topological polar surface area (TPSA) is 79.2 Å². The summed E-state index contributed by atoms with van der Waals surface area (Å²) in [6.45, 7) is 3.68. The first-order valence-electron chi connectivity index (χ1n) is 6.89. The molecule has 0 spiro atoms. The molecule has 1 aliphatic rings. The first kappa shape index (κ1) is 15.8. The van der Waals surface area contributed by atoms with E-state index in [1.165, 1.54) is 4.90 Å². The van der Waals surface area contributed by atoms with Crippen molar-refractivity contribution in [1.82, 2.24) is 4.90 Å². The molecule has 2 rings (SSSR count). The number of hydrogen-bond acceptors (Lipinski definition) is 4. The lowest BCUT2D eigenvalue weighted by Gasteiger charge is -2.32. The zero-order valence-corrected chi connectivity index (χ0v) is 12.2. The van der Waals surface area contributed by atoms with Gasteiger partial charge in [-0.05, 0) is 19.4 Å². The highest BCUT2D eigenvalue weighted by atomic mass is 16.7. The quantitative estimate of drug-likeness (QED) is 0.864. The molecular weight excluding hydrogens is 274 g/mol. The SMILES string of the molecule is CC1(C)OC[C@H]([C@H](CO)N(Cc2ccccc2)C(=O)O)O1. The summed E-state index contributed by atoms with van der Waals surface area (Å²) in [6.07, 6.45) is -1.57. The zero-order chi connectivity index (χ0) is 15.5. The van der Waals surface area contributed by atoms with Crippen LogP contribution >= 0.6 is 0 Å². The lowest BCUT2D eigenvalue weighted by molar-refractivity contribution is -0.147. The molecule has 0 aromatic heterocycles. The standard InChI is InChI=1S/C15H21NO5/c1-15(2)20-10-13(21-15)12(9-17)16(14(18)19)8-11-6-4-3-5-7-11/h3-7,12-13,17H,8-10H2,1-2H3,(H,18,19)/t12-,13+/m0/s1. The highest BCUT2D eigenvalue weighted by Gasteiger charge is 2.40. The normalized spacial score (nSPS) is 22.0. The van der Waals surface area contributed by atoms with Crippen molar-refractivity contribution in [2.75, 3.05) is 13.2 Å². The average Bonchev–Trinajstić information content (AvgIpc) is 2.79. The Labute approximate surface area is 123 Å². The van der Waals surface area contributed by atoms with Crippen LogP contribution in [0.1, 0.15) is 19.4 Å². The molecule has 1 saturated heterocycles. The molecule has 0 aliphatic carbocycles. The van der Waals surface area contributed by atoms with Crippen LogP contribution in [0.3, 0.4) is 0 Å². The van der Waals surface area contributed by atoms with Crippen LogP contribution in [0.25, 0.3) is 0 Å². The van der Waals surface area contributed by atoms with E-state index in [0.717, 1.165) is 5.56 Å². The molecule has 1 aromatic rings. The maximum Gasteiger partial charge on any atom is 0.408 e. The van der Waals surface area contributed by atoms with Gasteiger partial charge in [-0.3, -0.25) is 4.90 Å². The van der Waals surface area contributed by atoms with Crippen LogP contribution in [0.2, 0.25) is 0 Å². The van der Waals surface area contributed by atoms with Gasteiger partial charge in [0, 0.05) is 6.54 Å². The number of hydrogen-bond donors (Lipinski definition) is 2. The Hall–Kier alpha value is -1.63. The molecule has 1 aliphatic heterocycles. The van der Waals surface area contributed by atoms with Crippen molar-refractivity contribution < 1.29 is 24.5 Å². The van der Waals surface area contributed by atoms with Gasteiger partial charge in [0.2, 0.25) is 0 Å². The summed E-state index contributed by atoms with van der Waals surface area (Å²) < 4.78 is 11.1. The molecule has 0 radical (unpaired) electrons. The van der Waals surface area contributed by atoms with E-state index < -0.39 is 24.0 Å². The molecule has 2 atom stereocenters. The zero-order valence-electron chi connectivity index (χ0n) is 12.2. The van der Waals surface area contributed by atoms with Crippen molar-refractivity contribution >= 4 is 6.09 Å². The van der Waals surface area contributed by atoms with Crippen LogP contribution in [0.4, 0.5) is 4.79 Å². The number of amides is 1. The largest absolute Gasteiger partial charge is 0.465 e. The Morgan fingerprint density at radius 3 is 2.57 bits per heavy atom. The summed E-state index contributed by atoms with van der Waals surface area (Å²) >= 11 is 0. The molecule has 1 heterocycles. The summed E-state index contributed by atoms with van der Waals surface area (Å²) in [6, 6.07) is 8.60. The van der Waals surface area contributed by atoms with E-state index in [4.69, 9.17) is 9.47 Å². The Balaban J connectivity index is 2.14. The molecule has 1 amide bonds. The van der Waals surface area contributed by atoms with Crippen LogP contribution in [-0.2, 0) is 16.0 Å². The van der Waals surface area contributed by atoms with Gasteiger partial charge in [0.1, 0.15) is 6.10 Å². The number of carbonyl (C=O) groups is 1. The number of benzene rings is 1. The van der Waals surface area contributed by atoms with Crippen molar-refractivity contribution in [2.24, 2.45) is 0 Å². The summed E-state index contributed by atoms with van der Waals surface area (Å²) in [5.41, 5.74) is 0.858. The second-order valence-corrected chi connectivity index (χ2v) is 5.51. The minimum Gasteiger partial charge on any atom is -0.465 e. The lowest BCUT2D eigenvalue weighted by atomic mass is 10.1. The number of rotatable bonds is 5. The van der Waals surface area contributed by atoms with Gasteiger partial charge in [-0.25, -0.2) is 4.79 Å². The highest BCUT2D eigenvalue weighted by molar-refractivity contribution is 5.65. The minimum absolute atomic E-state index is 0.196. The van der Waals surface area contributed by atoms with Crippen LogP contribution < -0.4 is 0 Å². The van der Waals surface area contributed by atoms with Crippen LogP contribution in [0.15, 0.2) is 30.3 Å². The molecule has 1 aromatic carbocycles. The maximum absolute atomic E-state index is 11.5. The van der Waals surface area contributed by atoms with Crippen molar-refractivity contribution in [2.45, 2.75) is 38.3 Å². The van der Waals surface area contributed by atoms with E-state index in [9.17, 15) is 15.0 Å². The first-order chi connectivity index (χ1) is 9.93. The molecule has 2 N–H and O–H groups in total. The predicted molar refractivity (Wildman–Crippen MR) is 75.8 cm³/mol. The Morgan fingerprint density at radius 2 is 2.10 bits per heavy atom. The Morgan fingerprint density at radius 1 is 1.43 bits per heavy atom. The molecule has 6 heteroatoms. The predicted octanol–water partition coefficient (Wildman–Crippen LogP) is 1.68. The molecule has 0 unspecified atom stereocenters. The Kier molecular flexibility index (Phi) is 4.82. The maximum atomic E-state index is 11.5. The van der Waals surface area contributed by atoms with E-state index in [-0.39, 0.29) is 19.8 Å². The van der Waals surface area contributed by atoms with Crippen molar-refractivity contribution in [1.29, 1.82) is 0 Å². The highest BCUT2D eigenvalue weighted by Crippen LogP contribution is 2.26. The molecule has 1 fully saturated rings. The van der Waals surface area contributed by atoms with Gasteiger partial charge in [0.15, 0.2) is 5.79 Å². The second kappa shape index (κ2) is 6.43. The van der Waals surface area contributed by atoms with Crippen molar-refractivity contribution in [3.05, 3.63) is 35.9 Å². The van der Waals surface area contributed by atoms with E-state index in [1.54, 1.807) is 13.8 Å². The van der Waals surface area contributed by atoms with E-state index >= 15 is 0 Å². The number of carboxylic acid groups (broad SMARTS) is 1. The summed E-state index contributed by atoms with van der Waals surface area (Å²) in [5.74, 6) is -0.755. The minimum atomic E-state index is -1.09. The first-order valence-corrected chi connectivity index (χ1v) is 6.89. The van der Waals surface area contributed by atoms with Crippen LogP contribution in [0.5, 0.6) is 0 Å². The molecule has 116 valence electrons. The average molecular weight is 295 g/mol. The third kappa shape index (κ3) is 3.93. The fourth-order valence-electron chi connectivity index (χ4n) is 2.43. The summed E-state index contributed by atoms with van der Waals surface area (Å²) in [4.78, 5) is 12.7.